The van der Waals surface area contributed by atoms with Gasteiger partial charge < -0.3 is 9.80 Å². The first-order valence-corrected chi connectivity index (χ1v) is 10.1. The summed E-state index contributed by atoms with van der Waals surface area (Å²) in [4.78, 5) is 22.9. The lowest BCUT2D eigenvalue weighted by molar-refractivity contribution is 0.0726. The third-order valence-corrected chi connectivity index (χ3v) is 5.92. The third-order valence-electron chi connectivity index (χ3n) is 5.03. The molecule has 0 aliphatic carbocycles. The quantitative estimate of drug-likeness (QED) is 0.676. The second-order valence-corrected chi connectivity index (χ2v) is 7.99. The summed E-state index contributed by atoms with van der Waals surface area (Å²) in [5, 5.41) is 2.03. The second kappa shape index (κ2) is 7.53. The summed E-state index contributed by atoms with van der Waals surface area (Å²) in [5.74, 6) is 0.0888. The Balaban J connectivity index is 1.49. The van der Waals surface area contributed by atoms with Crippen molar-refractivity contribution in [3.63, 3.8) is 0 Å². The van der Waals surface area contributed by atoms with Crippen LogP contribution >= 0.6 is 11.3 Å². The van der Waals surface area contributed by atoms with Gasteiger partial charge in [-0.15, -0.1) is 11.3 Å². The van der Waals surface area contributed by atoms with Crippen LogP contribution in [-0.4, -0.2) is 41.5 Å². The molecule has 138 valence electrons. The van der Waals surface area contributed by atoms with Crippen LogP contribution in [0.15, 0.2) is 60.1 Å². The van der Waals surface area contributed by atoms with Gasteiger partial charge >= 0.3 is 0 Å². The topological polar surface area (TPSA) is 36.4 Å². The summed E-state index contributed by atoms with van der Waals surface area (Å²) in [6.07, 6.45) is 1.73. The summed E-state index contributed by atoms with van der Waals surface area (Å²) >= 11 is 1.64. The summed E-state index contributed by atoms with van der Waals surface area (Å²) in [5.41, 5.74) is 4.07. The molecule has 2 aromatic heterocycles. The monoisotopic (exact) mass is 377 g/mol. The molecule has 0 spiro atoms. The van der Waals surface area contributed by atoms with Gasteiger partial charge in [-0.1, -0.05) is 18.2 Å². The Morgan fingerprint density at radius 2 is 2.04 bits per heavy atom. The lowest BCUT2D eigenvalue weighted by atomic mass is 10.1. The number of piperazine rings is 1. The molecule has 3 aromatic rings. The van der Waals surface area contributed by atoms with Gasteiger partial charge in [0.25, 0.3) is 5.91 Å². The van der Waals surface area contributed by atoms with Crippen molar-refractivity contribution in [3.05, 3.63) is 71.2 Å². The number of anilines is 1. The third kappa shape index (κ3) is 3.74. The molecule has 4 nitrogen and oxygen atoms in total. The summed E-state index contributed by atoms with van der Waals surface area (Å²) in [6.45, 7) is 6.60. The van der Waals surface area contributed by atoms with Crippen molar-refractivity contribution in [1.29, 1.82) is 0 Å². The highest BCUT2D eigenvalue weighted by Crippen LogP contribution is 2.25. The standard InChI is InChI=1S/C22H23N3OS/c1-16-5-3-6-19(13-16)25-11-10-24(15-17(25)2)22(26)18-8-9-23-20(14-18)21-7-4-12-27-21/h3-9,12-14,17H,10-11,15H2,1-2H3/t17-/m1/s1. The fourth-order valence-corrected chi connectivity index (χ4v) is 4.33. The highest BCUT2D eigenvalue weighted by atomic mass is 32.1. The van der Waals surface area contributed by atoms with Crippen LogP contribution < -0.4 is 4.90 Å². The molecule has 0 N–H and O–H groups in total. The number of benzene rings is 1. The largest absolute Gasteiger partial charge is 0.365 e. The van der Waals surface area contributed by atoms with Crippen LogP contribution in [0.5, 0.6) is 0 Å². The number of rotatable bonds is 3. The van der Waals surface area contributed by atoms with E-state index < -0.39 is 0 Å². The lowest BCUT2D eigenvalue weighted by Gasteiger charge is -2.41. The number of aryl methyl sites for hydroxylation is 1. The van der Waals surface area contributed by atoms with Gasteiger partial charge in [0.15, 0.2) is 0 Å². The fourth-order valence-electron chi connectivity index (χ4n) is 3.64. The number of hydrogen-bond acceptors (Lipinski definition) is 4. The zero-order valence-corrected chi connectivity index (χ0v) is 16.4. The van der Waals surface area contributed by atoms with Gasteiger partial charge in [0, 0.05) is 43.1 Å². The zero-order chi connectivity index (χ0) is 18.8. The molecule has 3 heterocycles. The molecule has 0 unspecified atom stereocenters. The Morgan fingerprint density at radius 1 is 1.15 bits per heavy atom. The van der Waals surface area contributed by atoms with Gasteiger partial charge in [-0.3, -0.25) is 9.78 Å². The van der Waals surface area contributed by atoms with Gasteiger partial charge in [-0.05, 0) is 55.1 Å². The average molecular weight is 378 g/mol. The van der Waals surface area contributed by atoms with Gasteiger partial charge in [-0.2, -0.15) is 0 Å². The van der Waals surface area contributed by atoms with Crippen molar-refractivity contribution < 1.29 is 4.79 Å². The Bertz CT molecular complexity index is 938. The number of amides is 1. The molecule has 1 aliphatic heterocycles. The van der Waals surface area contributed by atoms with E-state index in [0.29, 0.717) is 5.56 Å². The fraction of sp³-hybridized carbons (Fsp3) is 0.273. The highest BCUT2D eigenvalue weighted by Gasteiger charge is 2.27. The minimum Gasteiger partial charge on any atom is -0.365 e. The van der Waals surface area contributed by atoms with Crippen LogP contribution in [0.4, 0.5) is 5.69 Å². The summed E-state index contributed by atoms with van der Waals surface area (Å²) < 4.78 is 0. The molecule has 27 heavy (non-hydrogen) atoms. The normalized spacial score (nSPS) is 17.2. The second-order valence-electron chi connectivity index (χ2n) is 7.04. The van der Waals surface area contributed by atoms with Crippen LogP contribution in [0.1, 0.15) is 22.8 Å². The van der Waals surface area contributed by atoms with Crippen molar-refractivity contribution in [2.24, 2.45) is 0 Å². The van der Waals surface area contributed by atoms with Gasteiger partial charge in [0.05, 0.1) is 10.6 Å². The van der Waals surface area contributed by atoms with Crippen LogP contribution in [0.3, 0.4) is 0 Å². The number of carbonyl (C=O) groups is 1. The molecular formula is C22H23N3OS. The van der Waals surface area contributed by atoms with E-state index in [1.807, 2.05) is 34.5 Å². The van der Waals surface area contributed by atoms with E-state index in [0.717, 1.165) is 30.2 Å². The first-order valence-electron chi connectivity index (χ1n) is 9.24. The molecule has 5 heteroatoms. The molecule has 1 aliphatic rings. The number of nitrogens with zero attached hydrogens (tertiary/aromatic N) is 3. The Morgan fingerprint density at radius 3 is 2.78 bits per heavy atom. The molecule has 1 amide bonds. The number of thiophene rings is 1. The molecular weight excluding hydrogens is 354 g/mol. The van der Waals surface area contributed by atoms with Crippen LogP contribution in [0.2, 0.25) is 0 Å². The minimum absolute atomic E-state index is 0.0888. The number of pyridine rings is 1. The van der Waals surface area contributed by atoms with E-state index in [4.69, 9.17) is 0 Å². The van der Waals surface area contributed by atoms with E-state index in [9.17, 15) is 4.79 Å². The average Bonchev–Trinajstić information content (AvgIpc) is 3.22. The maximum atomic E-state index is 13.0. The molecule has 0 bridgehead atoms. The van der Waals surface area contributed by atoms with Crippen molar-refractivity contribution in [2.75, 3.05) is 24.5 Å². The molecule has 1 saturated heterocycles. The summed E-state index contributed by atoms with van der Waals surface area (Å²) in [7, 11) is 0. The van der Waals surface area contributed by atoms with Crippen LogP contribution in [0, 0.1) is 6.92 Å². The smallest absolute Gasteiger partial charge is 0.254 e. The van der Waals surface area contributed by atoms with Crippen molar-refractivity contribution in [2.45, 2.75) is 19.9 Å². The van der Waals surface area contributed by atoms with E-state index in [2.05, 4.69) is 48.0 Å². The van der Waals surface area contributed by atoms with Crippen LogP contribution in [-0.2, 0) is 0 Å². The first-order chi connectivity index (χ1) is 13.1. The number of aromatic nitrogens is 1. The van der Waals surface area contributed by atoms with E-state index in [-0.39, 0.29) is 11.9 Å². The van der Waals surface area contributed by atoms with Gasteiger partial charge in [0.1, 0.15) is 0 Å². The van der Waals surface area contributed by atoms with E-state index in [1.54, 1.807) is 17.5 Å². The summed E-state index contributed by atoms with van der Waals surface area (Å²) in [6, 6.07) is 16.6. The van der Waals surface area contributed by atoms with Crippen molar-refractivity contribution in [1.82, 2.24) is 9.88 Å². The molecule has 1 atom stereocenters. The number of carbonyl (C=O) groups excluding carboxylic acids is 1. The van der Waals surface area contributed by atoms with E-state index >= 15 is 0 Å². The van der Waals surface area contributed by atoms with Crippen molar-refractivity contribution in [3.8, 4) is 10.6 Å². The lowest BCUT2D eigenvalue weighted by Crippen LogP contribution is -2.53. The Labute approximate surface area is 164 Å². The van der Waals surface area contributed by atoms with Gasteiger partial charge in [-0.25, -0.2) is 0 Å². The zero-order valence-electron chi connectivity index (χ0n) is 15.6. The highest BCUT2D eigenvalue weighted by molar-refractivity contribution is 7.13. The van der Waals surface area contributed by atoms with Crippen molar-refractivity contribution >= 4 is 22.9 Å². The Hall–Kier alpha value is -2.66. The molecule has 4 rings (SSSR count). The van der Waals surface area contributed by atoms with Gasteiger partial charge in [0.2, 0.25) is 0 Å². The molecule has 1 aromatic carbocycles. The molecule has 0 saturated carbocycles. The molecule has 0 radical (unpaired) electrons. The Kier molecular flexibility index (Phi) is 4.94. The number of hydrogen-bond donors (Lipinski definition) is 0. The SMILES string of the molecule is Cc1cccc(N2CCN(C(=O)c3ccnc(-c4cccs4)c3)C[C@H]2C)c1. The maximum absolute atomic E-state index is 13.0. The van der Waals surface area contributed by atoms with E-state index in [1.165, 1.54) is 11.3 Å². The predicted octanol–water partition coefficient (Wildman–Crippen LogP) is 4.47. The van der Waals surface area contributed by atoms with Crippen LogP contribution in [0.25, 0.3) is 10.6 Å². The minimum atomic E-state index is 0.0888. The molecule has 1 fully saturated rings. The first kappa shape index (κ1) is 17.7. The predicted molar refractivity (Wildman–Crippen MR) is 111 cm³/mol. The maximum Gasteiger partial charge on any atom is 0.254 e.